The maximum absolute atomic E-state index is 11.9. The number of fused-ring (bicyclic) bond motifs is 3. The average Bonchev–Trinajstić information content (AvgIpc) is 3.10. The van der Waals surface area contributed by atoms with E-state index in [4.69, 9.17) is 5.26 Å². The number of H-pyrrole nitrogens is 1. The lowest BCUT2D eigenvalue weighted by Gasteiger charge is -2.33. The summed E-state index contributed by atoms with van der Waals surface area (Å²) in [5.41, 5.74) is 0.773. The lowest BCUT2D eigenvalue weighted by molar-refractivity contribution is 0.465. The molecule has 1 aliphatic rings. The Balaban J connectivity index is 1.69. The highest BCUT2D eigenvalue weighted by Gasteiger charge is 2.26. The first-order chi connectivity index (χ1) is 12.6. The van der Waals surface area contributed by atoms with Crippen molar-refractivity contribution in [1.82, 2.24) is 24.9 Å². The van der Waals surface area contributed by atoms with Crippen LogP contribution in [0.2, 0.25) is 0 Å². The number of hydrogen-bond donors (Lipinski definition) is 2. The molecule has 0 spiro atoms. The fraction of sp³-hybridized carbons (Fsp3) is 0.375. The van der Waals surface area contributed by atoms with Crippen LogP contribution in [0.5, 0.6) is 0 Å². The zero-order valence-corrected chi connectivity index (χ0v) is 14.7. The van der Waals surface area contributed by atoms with Crippen molar-refractivity contribution < 1.29 is 8.42 Å². The number of nitrogens with one attached hydrogen (secondary N) is 2. The van der Waals surface area contributed by atoms with Crippen LogP contribution in [-0.4, -0.2) is 53.5 Å². The number of aromatic amines is 1. The molecule has 1 fully saturated rings. The third kappa shape index (κ3) is 3.07. The molecule has 1 atom stereocenters. The van der Waals surface area contributed by atoms with E-state index in [-0.39, 0.29) is 6.04 Å². The van der Waals surface area contributed by atoms with Crippen molar-refractivity contribution in [3.05, 3.63) is 24.7 Å². The standard InChI is InChI=1S/C16H17N7O2S/c17-4-7-26(24,25)22-12-2-1-6-23(10-12)16-14-11(9-20-21-16)8-19-15-13(14)3-5-18-15/h3,5,8-9,12,22H,1-2,6-7,10H2,(H,18,19). The number of sulfonamides is 1. The smallest absolute Gasteiger partial charge is 0.225 e. The quantitative estimate of drug-likeness (QED) is 0.698. The van der Waals surface area contributed by atoms with Crippen molar-refractivity contribution in [2.45, 2.75) is 18.9 Å². The number of piperidine rings is 1. The minimum atomic E-state index is -3.59. The molecule has 0 bridgehead atoms. The third-order valence-electron chi connectivity index (χ3n) is 4.51. The second-order valence-corrected chi connectivity index (χ2v) is 8.07. The molecule has 26 heavy (non-hydrogen) atoms. The van der Waals surface area contributed by atoms with Gasteiger partial charge in [-0.05, 0) is 18.9 Å². The molecule has 0 amide bonds. The van der Waals surface area contributed by atoms with Gasteiger partial charge in [-0.25, -0.2) is 18.1 Å². The molecule has 4 heterocycles. The van der Waals surface area contributed by atoms with Gasteiger partial charge in [-0.15, -0.1) is 5.10 Å². The molecular weight excluding hydrogens is 354 g/mol. The van der Waals surface area contributed by atoms with Gasteiger partial charge in [-0.2, -0.15) is 10.4 Å². The molecule has 3 aromatic heterocycles. The van der Waals surface area contributed by atoms with Gasteiger partial charge in [0.2, 0.25) is 10.0 Å². The predicted molar refractivity (Wildman–Crippen MR) is 97.0 cm³/mol. The Bertz CT molecular complexity index is 1100. The molecule has 0 radical (unpaired) electrons. The van der Waals surface area contributed by atoms with Gasteiger partial charge >= 0.3 is 0 Å². The molecule has 134 valence electrons. The van der Waals surface area contributed by atoms with E-state index in [2.05, 4.69) is 24.9 Å². The molecule has 1 saturated heterocycles. The molecule has 10 heteroatoms. The molecule has 3 aromatic rings. The fourth-order valence-corrected chi connectivity index (χ4v) is 4.39. The van der Waals surface area contributed by atoms with E-state index >= 15 is 0 Å². The summed E-state index contributed by atoms with van der Waals surface area (Å²) >= 11 is 0. The number of rotatable bonds is 4. The van der Waals surface area contributed by atoms with Crippen LogP contribution >= 0.6 is 0 Å². The average molecular weight is 371 g/mol. The molecular formula is C16H17N7O2S. The van der Waals surface area contributed by atoms with Crippen LogP contribution in [0.25, 0.3) is 21.8 Å². The monoisotopic (exact) mass is 371 g/mol. The van der Waals surface area contributed by atoms with Crippen LogP contribution < -0.4 is 9.62 Å². The normalized spacial score (nSPS) is 18.3. The van der Waals surface area contributed by atoms with Crippen molar-refractivity contribution in [2.75, 3.05) is 23.7 Å². The summed E-state index contributed by atoms with van der Waals surface area (Å²) in [6, 6.07) is 3.37. The van der Waals surface area contributed by atoms with Gasteiger partial charge in [0.15, 0.2) is 11.6 Å². The Morgan fingerprint density at radius 1 is 1.42 bits per heavy atom. The molecule has 0 saturated carbocycles. The van der Waals surface area contributed by atoms with Gasteiger partial charge in [0.1, 0.15) is 5.65 Å². The van der Waals surface area contributed by atoms with E-state index in [0.29, 0.717) is 6.54 Å². The minimum Gasteiger partial charge on any atom is -0.353 e. The fourth-order valence-electron chi connectivity index (χ4n) is 3.43. The van der Waals surface area contributed by atoms with E-state index in [1.807, 2.05) is 17.2 Å². The maximum Gasteiger partial charge on any atom is 0.225 e. The van der Waals surface area contributed by atoms with Gasteiger partial charge in [-0.3, -0.25) is 0 Å². The van der Waals surface area contributed by atoms with E-state index in [0.717, 1.165) is 47.0 Å². The molecule has 9 nitrogen and oxygen atoms in total. The first kappa shape index (κ1) is 16.7. The molecule has 2 N–H and O–H groups in total. The van der Waals surface area contributed by atoms with Crippen LogP contribution in [0.15, 0.2) is 24.7 Å². The van der Waals surface area contributed by atoms with E-state index in [1.165, 1.54) is 0 Å². The van der Waals surface area contributed by atoms with Crippen molar-refractivity contribution in [1.29, 1.82) is 5.26 Å². The van der Waals surface area contributed by atoms with E-state index in [9.17, 15) is 8.42 Å². The lowest BCUT2D eigenvalue weighted by Crippen LogP contribution is -2.48. The summed E-state index contributed by atoms with van der Waals surface area (Å²) in [5.74, 6) is 0.186. The zero-order valence-electron chi connectivity index (χ0n) is 13.9. The Hall–Kier alpha value is -2.77. The lowest BCUT2D eigenvalue weighted by atomic mass is 10.1. The van der Waals surface area contributed by atoms with Crippen LogP contribution in [0.3, 0.4) is 0 Å². The molecule has 4 rings (SSSR count). The first-order valence-electron chi connectivity index (χ1n) is 8.27. The summed E-state index contributed by atoms with van der Waals surface area (Å²) in [4.78, 5) is 9.52. The summed E-state index contributed by atoms with van der Waals surface area (Å²) in [5, 5.41) is 19.9. The van der Waals surface area contributed by atoms with Crippen molar-refractivity contribution in [3.63, 3.8) is 0 Å². The second kappa shape index (κ2) is 6.51. The predicted octanol–water partition coefficient (Wildman–Crippen LogP) is 0.918. The number of nitriles is 1. The number of aromatic nitrogens is 4. The summed E-state index contributed by atoms with van der Waals surface area (Å²) in [7, 11) is -3.59. The van der Waals surface area contributed by atoms with Crippen LogP contribution in [0, 0.1) is 11.3 Å². The molecule has 1 aliphatic heterocycles. The Labute approximate surface area is 150 Å². The first-order valence-corrected chi connectivity index (χ1v) is 9.92. The van der Waals surface area contributed by atoms with Crippen LogP contribution in [0.1, 0.15) is 12.8 Å². The maximum atomic E-state index is 11.9. The van der Waals surface area contributed by atoms with Gasteiger partial charge in [0.05, 0.1) is 12.3 Å². The topological polar surface area (TPSA) is 128 Å². The van der Waals surface area contributed by atoms with Crippen molar-refractivity contribution in [3.8, 4) is 6.07 Å². The number of anilines is 1. The third-order valence-corrected chi connectivity index (χ3v) is 5.71. The summed E-state index contributed by atoms with van der Waals surface area (Å²) in [6.45, 7) is 1.24. The van der Waals surface area contributed by atoms with Crippen molar-refractivity contribution in [2.24, 2.45) is 0 Å². The number of pyridine rings is 1. The van der Waals surface area contributed by atoms with Gasteiger partial charge in [0, 0.05) is 47.7 Å². The minimum absolute atomic E-state index is 0.261. The Morgan fingerprint density at radius 3 is 3.15 bits per heavy atom. The Kier molecular flexibility index (Phi) is 4.18. The van der Waals surface area contributed by atoms with E-state index < -0.39 is 15.8 Å². The van der Waals surface area contributed by atoms with Crippen molar-refractivity contribution >= 4 is 37.6 Å². The molecule has 1 unspecified atom stereocenters. The van der Waals surface area contributed by atoms with E-state index in [1.54, 1.807) is 18.5 Å². The second-order valence-electron chi connectivity index (χ2n) is 6.32. The van der Waals surface area contributed by atoms with Gasteiger partial charge < -0.3 is 9.88 Å². The van der Waals surface area contributed by atoms with Gasteiger partial charge in [-0.1, -0.05) is 0 Å². The SMILES string of the molecule is N#CCS(=O)(=O)NC1CCCN(c2nncc3cnc4[nH]ccc4c23)C1. The van der Waals surface area contributed by atoms with Crippen LogP contribution in [0.4, 0.5) is 5.82 Å². The number of nitrogens with zero attached hydrogens (tertiary/aromatic N) is 5. The molecule has 0 aliphatic carbocycles. The number of hydrogen-bond acceptors (Lipinski definition) is 7. The van der Waals surface area contributed by atoms with Crippen LogP contribution in [-0.2, 0) is 10.0 Å². The zero-order chi connectivity index (χ0) is 18.1. The van der Waals surface area contributed by atoms with Gasteiger partial charge in [0.25, 0.3) is 0 Å². The highest BCUT2D eigenvalue weighted by molar-refractivity contribution is 7.89. The highest BCUT2D eigenvalue weighted by Crippen LogP contribution is 2.31. The largest absolute Gasteiger partial charge is 0.353 e. The molecule has 0 aromatic carbocycles. The Morgan fingerprint density at radius 2 is 2.31 bits per heavy atom. The summed E-state index contributed by atoms with van der Waals surface area (Å²) < 4.78 is 26.4. The highest BCUT2D eigenvalue weighted by atomic mass is 32.2. The summed E-state index contributed by atoms with van der Waals surface area (Å²) in [6.07, 6.45) is 6.80.